The Balaban J connectivity index is 2.07. The highest BCUT2D eigenvalue weighted by Gasteiger charge is 2.18. The van der Waals surface area contributed by atoms with Gasteiger partial charge in [0.05, 0.1) is 17.4 Å². The zero-order chi connectivity index (χ0) is 14.8. The van der Waals surface area contributed by atoms with Gasteiger partial charge in [-0.25, -0.2) is 4.98 Å². The molecule has 0 fully saturated rings. The lowest BCUT2D eigenvalue weighted by Gasteiger charge is -2.11. The van der Waals surface area contributed by atoms with Gasteiger partial charge in [-0.3, -0.25) is 9.78 Å². The summed E-state index contributed by atoms with van der Waals surface area (Å²) in [7, 11) is 0. The van der Waals surface area contributed by atoms with Crippen LogP contribution in [-0.2, 0) is 6.42 Å². The first kappa shape index (κ1) is 13.2. The predicted octanol–water partition coefficient (Wildman–Crippen LogP) is 2.60. The summed E-state index contributed by atoms with van der Waals surface area (Å²) < 4.78 is 0. The van der Waals surface area contributed by atoms with Crippen LogP contribution in [0, 0.1) is 11.3 Å². The Kier molecular flexibility index (Phi) is 3.34. The fourth-order valence-electron chi connectivity index (χ4n) is 2.04. The molecular weight excluding hydrogens is 286 g/mol. The number of pyridine rings is 1. The minimum absolute atomic E-state index is 0.103. The number of hydrogen-bond donors (Lipinski definition) is 1. The van der Waals surface area contributed by atoms with Gasteiger partial charge in [0, 0.05) is 11.8 Å². The number of aromatic hydroxyl groups is 1. The second kappa shape index (κ2) is 5.31. The highest BCUT2D eigenvalue weighted by atomic mass is 32.1. The Morgan fingerprint density at radius 1 is 1.43 bits per heavy atom. The van der Waals surface area contributed by atoms with Gasteiger partial charge in [0.25, 0.3) is 0 Å². The van der Waals surface area contributed by atoms with Gasteiger partial charge >= 0.3 is 0 Å². The number of thiazole rings is 1. The van der Waals surface area contributed by atoms with E-state index in [2.05, 4.69) is 9.97 Å². The Labute approximate surface area is 124 Å². The summed E-state index contributed by atoms with van der Waals surface area (Å²) in [6.45, 7) is 0. The van der Waals surface area contributed by atoms with Gasteiger partial charge in [-0.05, 0) is 23.8 Å². The molecule has 21 heavy (non-hydrogen) atoms. The first-order valence-corrected chi connectivity index (χ1v) is 6.96. The minimum Gasteiger partial charge on any atom is -0.492 e. The fraction of sp³-hybridized carbons (Fsp3) is 0.0667. The Bertz CT molecular complexity index is 828. The maximum atomic E-state index is 11.8. The summed E-state index contributed by atoms with van der Waals surface area (Å²) in [5.74, 6) is -0.241. The molecule has 0 spiro atoms. The van der Waals surface area contributed by atoms with Crippen molar-refractivity contribution in [1.82, 2.24) is 9.97 Å². The zero-order valence-corrected chi connectivity index (χ0v) is 11.6. The third kappa shape index (κ3) is 2.47. The predicted molar refractivity (Wildman–Crippen MR) is 78.7 cm³/mol. The van der Waals surface area contributed by atoms with Crippen molar-refractivity contribution in [2.45, 2.75) is 6.42 Å². The number of hydrogen-bond acceptors (Lipinski definition) is 6. The molecule has 6 heteroatoms. The van der Waals surface area contributed by atoms with Crippen LogP contribution in [0.3, 0.4) is 0 Å². The molecule has 1 N–H and O–H groups in total. The van der Waals surface area contributed by atoms with Gasteiger partial charge in [-0.15, -0.1) is 11.3 Å². The molecule has 0 saturated carbocycles. The van der Waals surface area contributed by atoms with E-state index in [1.807, 2.05) is 12.1 Å². The van der Waals surface area contributed by atoms with Crippen LogP contribution >= 0.6 is 11.3 Å². The van der Waals surface area contributed by atoms with Gasteiger partial charge in [0.1, 0.15) is 10.7 Å². The molecule has 5 nitrogen and oxygen atoms in total. The molecule has 1 aliphatic carbocycles. The summed E-state index contributed by atoms with van der Waals surface area (Å²) in [5, 5.41) is 19.0. The standard InChI is InChI=1S/C15H9N3O2S/c16-6-5-13-18-15(20)12(21-13)8-9-3-4-11(19)14-10(9)2-1-7-17-14/h1-4,7-8,20H,5H2/b9-8+. The van der Waals surface area contributed by atoms with Crippen LogP contribution in [0.1, 0.15) is 25.9 Å². The zero-order valence-electron chi connectivity index (χ0n) is 10.8. The van der Waals surface area contributed by atoms with Gasteiger partial charge < -0.3 is 5.11 Å². The lowest BCUT2D eigenvalue weighted by atomic mass is 9.95. The van der Waals surface area contributed by atoms with E-state index in [9.17, 15) is 9.90 Å². The van der Waals surface area contributed by atoms with E-state index in [1.54, 1.807) is 24.4 Å². The second-order valence-corrected chi connectivity index (χ2v) is 5.44. The largest absolute Gasteiger partial charge is 0.492 e. The smallest absolute Gasteiger partial charge is 0.229 e. The molecule has 2 heterocycles. The van der Waals surface area contributed by atoms with E-state index in [0.29, 0.717) is 15.6 Å². The van der Waals surface area contributed by atoms with Crippen molar-refractivity contribution in [3.05, 3.63) is 51.6 Å². The van der Waals surface area contributed by atoms with Crippen LogP contribution in [0.25, 0.3) is 11.6 Å². The van der Waals surface area contributed by atoms with E-state index in [0.717, 1.165) is 11.1 Å². The number of carbonyl (C=O) groups is 1. The minimum atomic E-state index is -0.138. The van der Waals surface area contributed by atoms with Gasteiger partial charge in [-0.1, -0.05) is 12.1 Å². The first-order chi connectivity index (χ1) is 10.2. The van der Waals surface area contributed by atoms with E-state index in [-0.39, 0.29) is 18.1 Å². The summed E-state index contributed by atoms with van der Waals surface area (Å²) in [6, 6.07) is 5.56. The van der Waals surface area contributed by atoms with Crippen LogP contribution < -0.4 is 0 Å². The third-order valence-electron chi connectivity index (χ3n) is 2.96. The molecule has 0 saturated heterocycles. The van der Waals surface area contributed by atoms with Crippen LogP contribution in [-0.4, -0.2) is 20.9 Å². The topological polar surface area (TPSA) is 86.9 Å². The number of nitrogens with zero attached hydrogens (tertiary/aromatic N) is 3. The molecule has 0 bridgehead atoms. The molecule has 0 amide bonds. The lowest BCUT2D eigenvalue weighted by Crippen LogP contribution is -2.07. The Hall–Kier alpha value is -2.78. The molecule has 0 aliphatic heterocycles. The SMILES string of the molecule is N#CCc1nc(O)c(/C=C2\C=CC(=O)c3ncccc32)s1. The van der Waals surface area contributed by atoms with Gasteiger partial charge in [0.15, 0.2) is 0 Å². The molecule has 2 aromatic heterocycles. The average Bonchev–Trinajstić information content (AvgIpc) is 2.83. The average molecular weight is 295 g/mol. The number of ketones is 1. The molecule has 102 valence electrons. The normalized spacial score (nSPS) is 15.0. The van der Waals surface area contributed by atoms with Crippen molar-refractivity contribution in [3.63, 3.8) is 0 Å². The van der Waals surface area contributed by atoms with E-state index in [4.69, 9.17) is 5.26 Å². The summed E-state index contributed by atoms with van der Waals surface area (Å²) in [6.07, 6.45) is 6.62. The number of nitriles is 1. The van der Waals surface area contributed by atoms with Crippen molar-refractivity contribution < 1.29 is 9.90 Å². The van der Waals surface area contributed by atoms with Crippen molar-refractivity contribution in [2.24, 2.45) is 0 Å². The van der Waals surface area contributed by atoms with E-state index < -0.39 is 0 Å². The molecule has 1 aliphatic rings. The second-order valence-electron chi connectivity index (χ2n) is 4.33. The molecular formula is C15H9N3O2S. The Morgan fingerprint density at radius 3 is 3.10 bits per heavy atom. The number of carbonyl (C=O) groups excluding carboxylic acids is 1. The summed E-state index contributed by atoms with van der Waals surface area (Å²) in [5.41, 5.74) is 1.90. The van der Waals surface area contributed by atoms with Crippen LogP contribution in [0.5, 0.6) is 5.88 Å². The highest BCUT2D eigenvalue weighted by Crippen LogP contribution is 2.32. The molecule has 0 unspecified atom stereocenters. The monoisotopic (exact) mass is 295 g/mol. The molecule has 2 aromatic rings. The molecule has 0 aromatic carbocycles. The molecule has 3 rings (SSSR count). The van der Waals surface area contributed by atoms with Crippen molar-refractivity contribution in [3.8, 4) is 11.9 Å². The van der Waals surface area contributed by atoms with Crippen LogP contribution in [0.15, 0.2) is 30.5 Å². The molecule has 0 radical (unpaired) electrons. The van der Waals surface area contributed by atoms with Crippen molar-refractivity contribution in [2.75, 3.05) is 0 Å². The number of fused-ring (bicyclic) bond motifs is 1. The van der Waals surface area contributed by atoms with Crippen LogP contribution in [0.2, 0.25) is 0 Å². The van der Waals surface area contributed by atoms with E-state index in [1.165, 1.54) is 17.4 Å². The van der Waals surface area contributed by atoms with Gasteiger partial charge in [0.2, 0.25) is 11.7 Å². The van der Waals surface area contributed by atoms with Crippen molar-refractivity contribution in [1.29, 1.82) is 5.26 Å². The van der Waals surface area contributed by atoms with Gasteiger partial charge in [-0.2, -0.15) is 5.26 Å². The molecule has 0 atom stereocenters. The third-order valence-corrected chi connectivity index (χ3v) is 3.95. The quantitative estimate of drug-likeness (QED) is 0.920. The maximum Gasteiger partial charge on any atom is 0.229 e. The lowest BCUT2D eigenvalue weighted by molar-refractivity contribution is 0.104. The number of aromatic nitrogens is 2. The summed E-state index contributed by atoms with van der Waals surface area (Å²) in [4.78, 5) is 20.4. The maximum absolute atomic E-state index is 11.8. The van der Waals surface area contributed by atoms with Crippen LogP contribution in [0.4, 0.5) is 0 Å². The van der Waals surface area contributed by atoms with Crippen molar-refractivity contribution >= 4 is 28.8 Å². The Morgan fingerprint density at radius 2 is 2.29 bits per heavy atom. The highest BCUT2D eigenvalue weighted by molar-refractivity contribution is 7.12. The first-order valence-electron chi connectivity index (χ1n) is 6.14. The number of allylic oxidation sites excluding steroid dienone is 3. The fourth-order valence-corrected chi connectivity index (χ4v) is 2.89. The van der Waals surface area contributed by atoms with E-state index >= 15 is 0 Å². The summed E-state index contributed by atoms with van der Waals surface area (Å²) >= 11 is 1.25. The number of rotatable bonds is 2.